The first-order valence-corrected chi connectivity index (χ1v) is 4.94. The van der Waals surface area contributed by atoms with E-state index in [1.165, 1.54) is 0 Å². The maximum Gasteiger partial charge on any atom is 0.240 e. The average molecular weight is 198 g/mol. The Morgan fingerprint density at radius 1 is 1.36 bits per heavy atom. The smallest absolute Gasteiger partial charge is 0.240 e. The van der Waals surface area contributed by atoms with Crippen LogP contribution in [0.5, 0.6) is 0 Å². The quantitative estimate of drug-likeness (QED) is 0.667. The van der Waals surface area contributed by atoms with Crippen molar-refractivity contribution in [3.05, 3.63) is 0 Å². The third kappa shape index (κ3) is 2.05. The number of nitrogens with zero attached hydrogens (tertiary/aromatic N) is 1. The standard InChI is InChI=1S/C10H18N2O2/c1-10(2,3)9(14)12-6-4-5-7(12)8(11)13/h7H,4-6H2,1-3H3,(H2,11,13)/t7-/m0/s1. The number of likely N-dealkylation sites (tertiary alicyclic amines) is 1. The zero-order valence-electron chi connectivity index (χ0n) is 9.04. The summed E-state index contributed by atoms with van der Waals surface area (Å²) in [7, 11) is 0. The molecule has 0 aliphatic carbocycles. The second-order valence-electron chi connectivity index (χ2n) is 4.81. The SMILES string of the molecule is CC(C)(C)C(=O)N1CCC[C@H]1C(N)=O. The van der Waals surface area contributed by atoms with E-state index in [4.69, 9.17) is 5.73 Å². The van der Waals surface area contributed by atoms with Crippen LogP contribution in [-0.4, -0.2) is 29.3 Å². The lowest BCUT2D eigenvalue weighted by atomic mass is 9.94. The van der Waals surface area contributed by atoms with E-state index in [1.54, 1.807) is 4.90 Å². The lowest BCUT2D eigenvalue weighted by Gasteiger charge is -2.29. The van der Waals surface area contributed by atoms with Gasteiger partial charge in [0.1, 0.15) is 6.04 Å². The number of nitrogens with two attached hydrogens (primary N) is 1. The van der Waals surface area contributed by atoms with Gasteiger partial charge in [-0.15, -0.1) is 0 Å². The van der Waals surface area contributed by atoms with Gasteiger partial charge in [-0.2, -0.15) is 0 Å². The van der Waals surface area contributed by atoms with Crippen molar-refractivity contribution in [1.82, 2.24) is 4.90 Å². The molecule has 1 aliphatic rings. The average Bonchev–Trinajstić information content (AvgIpc) is 2.48. The molecular weight excluding hydrogens is 180 g/mol. The Balaban J connectivity index is 2.77. The maximum absolute atomic E-state index is 11.9. The van der Waals surface area contributed by atoms with Gasteiger partial charge in [-0.25, -0.2) is 0 Å². The molecule has 14 heavy (non-hydrogen) atoms. The van der Waals surface area contributed by atoms with Crippen LogP contribution in [0.15, 0.2) is 0 Å². The van der Waals surface area contributed by atoms with Gasteiger partial charge in [0.15, 0.2) is 0 Å². The number of carbonyl (C=O) groups is 2. The number of primary amides is 1. The van der Waals surface area contributed by atoms with Crippen molar-refractivity contribution >= 4 is 11.8 Å². The summed E-state index contributed by atoms with van der Waals surface area (Å²) < 4.78 is 0. The van der Waals surface area contributed by atoms with Crippen molar-refractivity contribution in [1.29, 1.82) is 0 Å². The van der Waals surface area contributed by atoms with E-state index in [0.29, 0.717) is 13.0 Å². The highest BCUT2D eigenvalue weighted by Crippen LogP contribution is 2.24. The molecule has 0 radical (unpaired) electrons. The summed E-state index contributed by atoms with van der Waals surface area (Å²) in [5, 5.41) is 0. The summed E-state index contributed by atoms with van der Waals surface area (Å²) >= 11 is 0. The van der Waals surface area contributed by atoms with E-state index in [1.807, 2.05) is 20.8 Å². The summed E-state index contributed by atoms with van der Waals surface area (Å²) in [6.45, 7) is 6.22. The zero-order chi connectivity index (χ0) is 10.9. The Labute approximate surface area is 84.4 Å². The molecule has 0 aromatic heterocycles. The van der Waals surface area contributed by atoms with E-state index < -0.39 is 5.41 Å². The van der Waals surface area contributed by atoms with Gasteiger partial charge in [0, 0.05) is 12.0 Å². The van der Waals surface area contributed by atoms with Crippen molar-refractivity contribution in [3.63, 3.8) is 0 Å². The molecule has 80 valence electrons. The van der Waals surface area contributed by atoms with Crippen molar-refractivity contribution in [3.8, 4) is 0 Å². The molecule has 4 heteroatoms. The summed E-state index contributed by atoms with van der Waals surface area (Å²) in [6.07, 6.45) is 1.58. The molecule has 1 aliphatic heterocycles. The van der Waals surface area contributed by atoms with Gasteiger partial charge in [0.25, 0.3) is 0 Å². The fraction of sp³-hybridized carbons (Fsp3) is 0.800. The minimum atomic E-state index is -0.432. The summed E-state index contributed by atoms with van der Waals surface area (Å²) in [5.74, 6) is -0.376. The summed E-state index contributed by atoms with van der Waals surface area (Å²) in [5.41, 5.74) is 4.80. The molecule has 2 N–H and O–H groups in total. The first-order valence-electron chi connectivity index (χ1n) is 4.94. The topological polar surface area (TPSA) is 63.4 Å². The predicted molar refractivity (Wildman–Crippen MR) is 53.4 cm³/mol. The van der Waals surface area contributed by atoms with Crippen LogP contribution in [0.1, 0.15) is 33.6 Å². The molecule has 1 rings (SSSR count). The van der Waals surface area contributed by atoms with Crippen LogP contribution < -0.4 is 5.73 Å². The van der Waals surface area contributed by atoms with Gasteiger partial charge in [-0.3, -0.25) is 9.59 Å². The second kappa shape index (κ2) is 3.59. The molecule has 0 aromatic carbocycles. The minimum Gasteiger partial charge on any atom is -0.368 e. The van der Waals surface area contributed by atoms with Gasteiger partial charge < -0.3 is 10.6 Å². The number of hydrogen-bond donors (Lipinski definition) is 1. The molecule has 1 atom stereocenters. The third-order valence-corrected chi connectivity index (χ3v) is 2.48. The lowest BCUT2D eigenvalue weighted by Crippen LogP contribution is -2.47. The van der Waals surface area contributed by atoms with Gasteiger partial charge in [-0.05, 0) is 12.8 Å². The molecule has 0 aromatic rings. The molecule has 1 heterocycles. The molecular formula is C10H18N2O2. The highest BCUT2D eigenvalue weighted by atomic mass is 16.2. The summed E-state index contributed by atoms with van der Waals surface area (Å²) in [4.78, 5) is 24.6. The monoisotopic (exact) mass is 198 g/mol. The van der Waals surface area contributed by atoms with E-state index in [0.717, 1.165) is 6.42 Å². The molecule has 0 saturated carbocycles. The van der Waals surface area contributed by atoms with Crippen LogP contribution in [0.2, 0.25) is 0 Å². The highest BCUT2D eigenvalue weighted by molar-refractivity contribution is 5.89. The van der Waals surface area contributed by atoms with Crippen molar-refractivity contribution in [2.45, 2.75) is 39.7 Å². The first-order chi connectivity index (χ1) is 6.34. The van der Waals surface area contributed by atoms with Crippen LogP contribution in [-0.2, 0) is 9.59 Å². The Bertz CT molecular complexity index is 255. The van der Waals surface area contributed by atoms with Crippen molar-refractivity contribution in [2.75, 3.05) is 6.54 Å². The molecule has 4 nitrogen and oxygen atoms in total. The van der Waals surface area contributed by atoms with Crippen LogP contribution in [0.3, 0.4) is 0 Å². The third-order valence-electron chi connectivity index (χ3n) is 2.48. The largest absolute Gasteiger partial charge is 0.368 e. The van der Waals surface area contributed by atoms with Gasteiger partial charge in [-0.1, -0.05) is 20.8 Å². The van der Waals surface area contributed by atoms with Crippen LogP contribution in [0.4, 0.5) is 0 Å². The van der Waals surface area contributed by atoms with Crippen molar-refractivity contribution < 1.29 is 9.59 Å². The van der Waals surface area contributed by atoms with Crippen LogP contribution in [0.25, 0.3) is 0 Å². The van der Waals surface area contributed by atoms with Crippen LogP contribution >= 0.6 is 0 Å². The molecule has 0 spiro atoms. The van der Waals surface area contributed by atoms with Gasteiger partial charge >= 0.3 is 0 Å². The van der Waals surface area contributed by atoms with E-state index in [2.05, 4.69) is 0 Å². The molecule has 0 unspecified atom stereocenters. The van der Waals surface area contributed by atoms with E-state index in [9.17, 15) is 9.59 Å². The highest BCUT2D eigenvalue weighted by Gasteiger charge is 2.37. The number of hydrogen-bond acceptors (Lipinski definition) is 2. The van der Waals surface area contributed by atoms with E-state index in [-0.39, 0.29) is 17.9 Å². The normalized spacial score (nSPS) is 22.5. The molecule has 1 saturated heterocycles. The summed E-state index contributed by atoms with van der Waals surface area (Å²) in [6, 6.07) is -0.387. The fourth-order valence-corrected chi connectivity index (χ4v) is 1.74. The number of rotatable bonds is 1. The Morgan fingerprint density at radius 3 is 2.36 bits per heavy atom. The lowest BCUT2D eigenvalue weighted by molar-refractivity contribution is -0.143. The number of carbonyl (C=O) groups excluding carboxylic acids is 2. The van der Waals surface area contributed by atoms with E-state index >= 15 is 0 Å². The van der Waals surface area contributed by atoms with Crippen molar-refractivity contribution in [2.24, 2.45) is 11.1 Å². The zero-order valence-corrected chi connectivity index (χ0v) is 9.04. The fourth-order valence-electron chi connectivity index (χ4n) is 1.74. The molecule has 2 amide bonds. The predicted octanol–water partition coefficient (Wildman–Crippen LogP) is 0.509. The molecule has 1 fully saturated rings. The van der Waals surface area contributed by atoms with Gasteiger partial charge in [0.2, 0.25) is 11.8 Å². The Kier molecular flexibility index (Phi) is 2.83. The van der Waals surface area contributed by atoms with Gasteiger partial charge in [0.05, 0.1) is 0 Å². The molecule has 0 bridgehead atoms. The second-order valence-corrected chi connectivity index (χ2v) is 4.81. The first kappa shape index (κ1) is 11.0. The van der Waals surface area contributed by atoms with Crippen LogP contribution in [0, 0.1) is 5.41 Å². The maximum atomic E-state index is 11.9. The Hall–Kier alpha value is -1.06. The number of amides is 2. The Morgan fingerprint density at radius 2 is 1.93 bits per heavy atom. The minimum absolute atomic E-state index is 0.0128.